The van der Waals surface area contributed by atoms with E-state index in [9.17, 15) is 0 Å². The maximum Gasteiger partial charge on any atom is 0.0355 e. The van der Waals surface area contributed by atoms with E-state index in [-0.39, 0.29) is 0 Å². The average molecular weight is 689 g/mol. The van der Waals surface area contributed by atoms with Crippen LogP contribution in [0.5, 0.6) is 0 Å². The zero-order chi connectivity index (χ0) is 34.9. The second-order valence-corrected chi connectivity index (χ2v) is 15.0. The number of benzene rings is 10. The highest BCUT2D eigenvalue weighted by Gasteiger charge is 2.18. The van der Waals surface area contributed by atoms with Gasteiger partial charge in [0.2, 0.25) is 0 Å². The molecule has 1 heteroatoms. The van der Waals surface area contributed by atoms with Crippen molar-refractivity contribution in [2.75, 3.05) is 0 Å². The molecule has 0 atom stereocenters. The second-order valence-electron chi connectivity index (χ2n) is 14.0. The molecule has 0 nitrogen and oxygen atoms in total. The Labute approximate surface area is 311 Å². The van der Waals surface area contributed by atoms with Crippen LogP contribution >= 0.6 is 11.3 Å². The van der Waals surface area contributed by atoms with E-state index in [0.717, 1.165) is 0 Å². The number of fused-ring (bicyclic) bond motifs is 8. The first kappa shape index (κ1) is 30.1. The normalized spacial score (nSPS) is 11.8. The van der Waals surface area contributed by atoms with E-state index >= 15 is 0 Å². The number of rotatable bonds is 4. The summed E-state index contributed by atoms with van der Waals surface area (Å²) in [6.45, 7) is 0. The fourth-order valence-electron chi connectivity index (χ4n) is 8.70. The van der Waals surface area contributed by atoms with Crippen LogP contribution in [0.3, 0.4) is 0 Å². The molecule has 0 aliphatic carbocycles. The molecule has 0 amide bonds. The molecule has 0 bridgehead atoms. The van der Waals surface area contributed by atoms with Crippen LogP contribution in [0.1, 0.15) is 0 Å². The van der Waals surface area contributed by atoms with Crippen molar-refractivity contribution in [3.05, 3.63) is 194 Å². The topological polar surface area (TPSA) is 0 Å². The summed E-state index contributed by atoms with van der Waals surface area (Å²) in [6, 6.07) is 71.7. The van der Waals surface area contributed by atoms with Gasteiger partial charge in [-0.1, -0.05) is 170 Å². The lowest BCUT2D eigenvalue weighted by Gasteiger charge is -2.18. The van der Waals surface area contributed by atoms with Gasteiger partial charge in [0.1, 0.15) is 0 Å². The minimum Gasteiger partial charge on any atom is -0.135 e. The van der Waals surface area contributed by atoms with Crippen molar-refractivity contribution in [1.29, 1.82) is 0 Å². The number of hydrogen-bond donors (Lipinski definition) is 0. The Morgan fingerprint density at radius 3 is 1.42 bits per heavy atom. The van der Waals surface area contributed by atoms with Crippen molar-refractivity contribution >= 4 is 74.6 Å². The van der Waals surface area contributed by atoms with Crippen molar-refractivity contribution in [2.24, 2.45) is 0 Å². The summed E-state index contributed by atoms with van der Waals surface area (Å²) in [4.78, 5) is 0. The van der Waals surface area contributed by atoms with Crippen LogP contribution in [0, 0.1) is 0 Å². The van der Waals surface area contributed by atoms with Gasteiger partial charge in [0, 0.05) is 20.2 Å². The van der Waals surface area contributed by atoms with Crippen LogP contribution in [-0.4, -0.2) is 0 Å². The molecule has 0 spiro atoms. The van der Waals surface area contributed by atoms with Crippen molar-refractivity contribution in [3.63, 3.8) is 0 Å². The van der Waals surface area contributed by atoms with Gasteiger partial charge in [-0.25, -0.2) is 0 Å². The van der Waals surface area contributed by atoms with Gasteiger partial charge < -0.3 is 0 Å². The molecular weight excluding hydrogens is 657 g/mol. The van der Waals surface area contributed by atoms with Crippen LogP contribution < -0.4 is 0 Å². The third-order valence-electron chi connectivity index (χ3n) is 11.1. The Morgan fingerprint density at radius 1 is 0.245 bits per heavy atom. The van der Waals surface area contributed by atoms with Crippen molar-refractivity contribution in [2.45, 2.75) is 0 Å². The zero-order valence-corrected chi connectivity index (χ0v) is 29.7. The number of thiophene rings is 1. The molecule has 0 saturated heterocycles. The fraction of sp³-hybridized carbons (Fsp3) is 0. The quantitative estimate of drug-likeness (QED) is 0.128. The Morgan fingerprint density at radius 2 is 0.717 bits per heavy atom. The monoisotopic (exact) mass is 688 g/mol. The number of hydrogen-bond acceptors (Lipinski definition) is 1. The summed E-state index contributed by atoms with van der Waals surface area (Å²) in [5, 5.41) is 12.9. The maximum atomic E-state index is 2.41. The lowest BCUT2D eigenvalue weighted by atomic mass is 9.85. The van der Waals surface area contributed by atoms with E-state index < -0.39 is 0 Å². The molecule has 0 fully saturated rings. The van der Waals surface area contributed by atoms with Gasteiger partial charge in [-0.05, 0) is 112 Å². The molecule has 11 rings (SSSR count). The SMILES string of the molecule is c1ccc(-c2cc3ccccc3c3ccccc23)c(-c2ccc(-c3c4ccccc4c(-c4ccc5sc6ccccc6c5c4)c4ccccc34)cc2)c1. The van der Waals surface area contributed by atoms with E-state index in [4.69, 9.17) is 0 Å². The van der Waals surface area contributed by atoms with Crippen molar-refractivity contribution in [1.82, 2.24) is 0 Å². The van der Waals surface area contributed by atoms with Crippen molar-refractivity contribution in [3.8, 4) is 44.5 Å². The first-order valence-electron chi connectivity index (χ1n) is 18.3. The Bertz CT molecular complexity index is 3160. The van der Waals surface area contributed by atoms with E-state index in [1.165, 1.54) is 108 Å². The van der Waals surface area contributed by atoms with Gasteiger partial charge in [-0.3, -0.25) is 0 Å². The molecule has 0 aliphatic heterocycles. The molecule has 0 radical (unpaired) electrons. The zero-order valence-electron chi connectivity index (χ0n) is 28.9. The predicted octanol–water partition coefficient (Wildman–Crippen LogP) is 15.3. The minimum absolute atomic E-state index is 1.21. The third kappa shape index (κ3) is 4.75. The van der Waals surface area contributed by atoms with E-state index in [1.807, 2.05) is 11.3 Å². The molecule has 1 heterocycles. The highest BCUT2D eigenvalue weighted by molar-refractivity contribution is 7.25. The third-order valence-corrected chi connectivity index (χ3v) is 12.2. The van der Waals surface area contributed by atoms with Crippen LogP contribution in [0.2, 0.25) is 0 Å². The van der Waals surface area contributed by atoms with Gasteiger partial charge in [0.05, 0.1) is 0 Å². The summed E-state index contributed by atoms with van der Waals surface area (Å²) >= 11 is 1.87. The van der Waals surface area contributed by atoms with Crippen LogP contribution in [0.15, 0.2) is 194 Å². The average Bonchev–Trinajstić information content (AvgIpc) is 3.60. The Kier molecular flexibility index (Phi) is 6.83. The Balaban J connectivity index is 1.08. The molecule has 1 aromatic heterocycles. The molecule has 10 aromatic carbocycles. The Hall–Kier alpha value is -6.54. The summed E-state index contributed by atoms with van der Waals surface area (Å²) in [7, 11) is 0. The van der Waals surface area contributed by atoms with Crippen LogP contribution in [0.4, 0.5) is 0 Å². The summed E-state index contributed by atoms with van der Waals surface area (Å²) in [5.41, 5.74) is 10.0. The molecule has 246 valence electrons. The molecule has 11 aromatic rings. The first-order valence-corrected chi connectivity index (χ1v) is 19.1. The standard InChI is InChI=1S/C52H32S/c1-2-15-38-35(13-1)31-47(41-18-6-5-16-39(38)41)40-17-4-3-14-37(40)33-25-27-34(28-26-33)51-43-20-7-9-22-45(43)52(46-23-10-8-21-44(46)51)36-29-30-50-48(32-36)42-19-11-12-24-49(42)53-50/h1-32H. The predicted molar refractivity (Wildman–Crippen MR) is 231 cm³/mol. The largest absolute Gasteiger partial charge is 0.135 e. The van der Waals surface area contributed by atoms with Gasteiger partial charge in [0.25, 0.3) is 0 Å². The molecule has 0 unspecified atom stereocenters. The summed E-state index contributed by atoms with van der Waals surface area (Å²) in [6.07, 6.45) is 0. The molecule has 0 N–H and O–H groups in total. The fourth-order valence-corrected chi connectivity index (χ4v) is 9.78. The lowest BCUT2D eigenvalue weighted by molar-refractivity contribution is 1.60. The second kappa shape index (κ2) is 12.0. The van der Waals surface area contributed by atoms with Gasteiger partial charge in [-0.2, -0.15) is 0 Å². The van der Waals surface area contributed by atoms with Crippen LogP contribution in [-0.2, 0) is 0 Å². The van der Waals surface area contributed by atoms with E-state index in [2.05, 4.69) is 194 Å². The molecule has 0 saturated carbocycles. The highest BCUT2D eigenvalue weighted by Crippen LogP contribution is 2.46. The molecular formula is C52H32S. The minimum atomic E-state index is 1.21. The van der Waals surface area contributed by atoms with Gasteiger partial charge in [0.15, 0.2) is 0 Å². The van der Waals surface area contributed by atoms with Crippen molar-refractivity contribution < 1.29 is 0 Å². The smallest absolute Gasteiger partial charge is 0.0355 e. The maximum absolute atomic E-state index is 2.41. The first-order chi connectivity index (χ1) is 26.3. The molecule has 53 heavy (non-hydrogen) atoms. The van der Waals surface area contributed by atoms with Gasteiger partial charge >= 0.3 is 0 Å². The highest BCUT2D eigenvalue weighted by atomic mass is 32.1. The van der Waals surface area contributed by atoms with Crippen LogP contribution in [0.25, 0.3) is 108 Å². The van der Waals surface area contributed by atoms with E-state index in [0.29, 0.717) is 0 Å². The lowest BCUT2D eigenvalue weighted by Crippen LogP contribution is -1.91. The van der Waals surface area contributed by atoms with Gasteiger partial charge in [-0.15, -0.1) is 11.3 Å². The van der Waals surface area contributed by atoms with E-state index in [1.54, 1.807) is 0 Å². The molecule has 0 aliphatic rings. The summed E-state index contributed by atoms with van der Waals surface area (Å²) in [5.74, 6) is 0. The summed E-state index contributed by atoms with van der Waals surface area (Å²) < 4.78 is 2.66.